The van der Waals surface area contributed by atoms with Crippen molar-refractivity contribution in [2.45, 2.75) is 12.5 Å². The molecule has 0 bridgehead atoms. The van der Waals surface area contributed by atoms with Crippen LogP contribution in [0.3, 0.4) is 0 Å². The van der Waals surface area contributed by atoms with Crippen LogP contribution in [-0.4, -0.2) is 36.2 Å². The van der Waals surface area contributed by atoms with Gasteiger partial charge in [-0.15, -0.1) is 0 Å². The molecule has 5 heteroatoms. The minimum Gasteiger partial charge on any atom is -0.390 e. The van der Waals surface area contributed by atoms with Gasteiger partial charge in [-0.05, 0) is 23.8 Å². The van der Waals surface area contributed by atoms with Crippen molar-refractivity contribution in [1.29, 1.82) is 0 Å². The van der Waals surface area contributed by atoms with Crippen molar-refractivity contribution in [3.63, 3.8) is 0 Å². The van der Waals surface area contributed by atoms with Crippen molar-refractivity contribution in [2.24, 2.45) is 5.16 Å². The number of amides is 1. The zero-order valence-electron chi connectivity index (χ0n) is 12.8. The summed E-state index contributed by atoms with van der Waals surface area (Å²) < 4.78 is 13.2. The second-order valence-electron chi connectivity index (χ2n) is 5.53. The number of hydrogen-bond donors (Lipinski definition) is 0. The summed E-state index contributed by atoms with van der Waals surface area (Å²) in [6.45, 7) is 0.398. The average molecular weight is 312 g/mol. The maximum absolute atomic E-state index is 13.2. The molecule has 0 radical (unpaired) electrons. The fraction of sp³-hybridized carbons (Fsp3) is 0.222. The molecule has 1 aliphatic heterocycles. The fourth-order valence-corrected chi connectivity index (χ4v) is 2.56. The summed E-state index contributed by atoms with van der Waals surface area (Å²) in [7, 11) is 1.68. The topological polar surface area (TPSA) is 41.9 Å². The average Bonchev–Trinajstić information content (AvgIpc) is 3.03. The Kier molecular flexibility index (Phi) is 4.37. The lowest BCUT2D eigenvalue weighted by molar-refractivity contribution is 0.0482. The molecule has 0 aliphatic carbocycles. The van der Waals surface area contributed by atoms with Gasteiger partial charge in [0.2, 0.25) is 0 Å². The first-order valence-corrected chi connectivity index (χ1v) is 7.42. The van der Waals surface area contributed by atoms with Crippen molar-refractivity contribution < 1.29 is 14.0 Å². The van der Waals surface area contributed by atoms with Gasteiger partial charge in [0.25, 0.3) is 5.91 Å². The quantitative estimate of drug-likeness (QED) is 0.870. The smallest absolute Gasteiger partial charge is 0.253 e. The van der Waals surface area contributed by atoms with Crippen molar-refractivity contribution in [1.82, 2.24) is 4.90 Å². The fourth-order valence-electron chi connectivity index (χ4n) is 2.56. The minimum absolute atomic E-state index is 0.187. The summed E-state index contributed by atoms with van der Waals surface area (Å²) in [5.41, 5.74) is 2.23. The Balaban J connectivity index is 1.59. The van der Waals surface area contributed by atoms with Gasteiger partial charge in [-0.3, -0.25) is 4.79 Å². The third kappa shape index (κ3) is 3.56. The standard InChI is InChI=1S/C18H17FN2O2/c1-21(18(22)14-8-5-9-15(19)10-14)12-16-11-17(20-23-16)13-6-3-2-4-7-13/h2-10,16H,11-12H2,1H3. The number of benzene rings is 2. The number of rotatable bonds is 4. The first kappa shape index (κ1) is 15.2. The van der Waals surface area contributed by atoms with Crippen LogP contribution in [0.15, 0.2) is 59.8 Å². The molecule has 1 unspecified atom stereocenters. The highest BCUT2D eigenvalue weighted by molar-refractivity contribution is 6.01. The molecule has 1 amide bonds. The van der Waals surface area contributed by atoms with Gasteiger partial charge in [-0.25, -0.2) is 4.39 Å². The number of carbonyl (C=O) groups excluding carboxylic acids is 1. The molecule has 0 saturated heterocycles. The summed E-state index contributed by atoms with van der Waals surface area (Å²) >= 11 is 0. The van der Waals surface area contributed by atoms with Gasteiger partial charge in [0.05, 0.1) is 12.3 Å². The molecule has 0 N–H and O–H groups in total. The SMILES string of the molecule is CN(CC1CC(c2ccccc2)=NO1)C(=O)c1cccc(F)c1. The van der Waals surface area contributed by atoms with E-state index >= 15 is 0 Å². The van der Waals surface area contributed by atoms with Crippen LogP contribution < -0.4 is 0 Å². The van der Waals surface area contributed by atoms with Crippen LogP contribution in [0.2, 0.25) is 0 Å². The monoisotopic (exact) mass is 312 g/mol. The van der Waals surface area contributed by atoms with Crippen LogP contribution in [0.1, 0.15) is 22.3 Å². The van der Waals surface area contributed by atoms with E-state index in [0.717, 1.165) is 11.3 Å². The normalized spacial score (nSPS) is 16.6. The second kappa shape index (κ2) is 6.60. The van der Waals surface area contributed by atoms with Crippen LogP contribution in [0.4, 0.5) is 4.39 Å². The molecule has 3 rings (SSSR count). The van der Waals surface area contributed by atoms with Crippen LogP contribution in [-0.2, 0) is 4.84 Å². The number of halogens is 1. The summed E-state index contributed by atoms with van der Waals surface area (Å²) in [4.78, 5) is 19.3. The van der Waals surface area contributed by atoms with E-state index in [4.69, 9.17) is 4.84 Å². The highest BCUT2D eigenvalue weighted by atomic mass is 19.1. The van der Waals surface area contributed by atoms with Crippen molar-refractivity contribution >= 4 is 11.6 Å². The Hall–Kier alpha value is -2.69. The summed E-state index contributed by atoms with van der Waals surface area (Å²) in [5, 5.41) is 4.11. The number of hydrogen-bond acceptors (Lipinski definition) is 3. The van der Waals surface area contributed by atoms with Crippen molar-refractivity contribution in [2.75, 3.05) is 13.6 Å². The zero-order chi connectivity index (χ0) is 16.2. The van der Waals surface area contributed by atoms with Crippen LogP contribution >= 0.6 is 0 Å². The Bertz CT molecular complexity index is 731. The summed E-state index contributed by atoms with van der Waals surface area (Å²) in [6, 6.07) is 15.5. The number of carbonyl (C=O) groups is 1. The minimum atomic E-state index is -0.420. The lowest BCUT2D eigenvalue weighted by Gasteiger charge is -2.20. The van der Waals surface area contributed by atoms with E-state index in [0.29, 0.717) is 18.5 Å². The molecule has 0 fully saturated rings. The number of likely N-dealkylation sites (N-methyl/N-ethyl adjacent to an activating group) is 1. The van der Waals surface area contributed by atoms with Crippen LogP contribution in [0, 0.1) is 5.82 Å². The van der Waals surface area contributed by atoms with Crippen molar-refractivity contribution in [3.8, 4) is 0 Å². The third-order valence-corrected chi connectivity index (χ3v) is 3.74. The first-order valence-electron chi connectivity index (χ1n) is 7.42. The molecule has 4 nitrogen and oxygen atoms in total. The summed E-state index contributed by atoms with van der Waals surface area (Å²) in [5.74, 6) is -0.655. The molecule has 2 aromatic carbocycles. The van der Waals surface area contributed by atoms with E-state index in [1.165, 1.54) is 23.1 Å². The van der Waals surface area contributed by atoms with Gasteiger partial charge in [-0.1, -0.05) is 41.6 Å². The lowest BCUT2D eigenvalue weighted by Crippen LogP contribution is -2.34. The molecule has 1 atom stereocenters. The lowest BCUT2D eigenvalue weighted by atomic mass is 10.0. The van der Waals surface area contributed by atoms with Gasteiger partial charge in [0, 0.05) is 19.0 Å². The Labute approximate surface area is 134 Å². The second-order valence-corrected chi connectivity index (χ2v) is 5.53. The van der Waals surface area contributed by atoms with Gasteiger partial charge >= 0.3 is 0 Å². The molecule has 0 spiro atoms. The first-order chi connectivity index (χ1) is 11.1. The Morgan fingerprint density at radius 1 is 1.26 bits per heavy atom. The third-order valence-electron chi connectivity index (χ3n) is 3.74. The molecule has 1 heterocycles. The van der Waals surface area contributed by atoms with E-state index in [9.17, 15) is 9.18 Å². The predicted octanol–water partition coefficient (Wildman–Crippen LogP) is 3.09. The maximum Gasteiger partial charge on any atom is 0.253 e. The van der Waals surface area contributed by atoms with Gasteiger partial charge in [0.15, 0.2) is 6.10 Å². The molecular formula is C18H17FN2O2. The molecule has 118 valence electrons. The van der Waals surface area contributed by atoms with Crippen molar-refractivity contribution in [3.05, 3.63) is 71.5 Å². The van der Waals surface area contributed by atoms with E-state index in [2.05, 4.69) is 5.16 Å². The van der Waals surface area contributed by atoms with E-state index in [-0.39, 0.29) is 12.0 Å². The highest BCUT2D eigenvalue weighted by Crippen LogP contribution is 2.18. The highest BCUT2D eigenvalue weighted by Gasteiger charge is 2.25. The number of nitrogens with zero attached hydrogens (tertiary/aromatic N) is 2. The van der Waals surface area contributed by atoms with E-state index in [1.54, 1.807) is 13.1 Å². The molecule has 2 aromatic rings. The van der Waals surface area contributed by atoms with Gasteiger partial charge < -0.3 is 9.74 Å². The molecule has 0 saturated carbocycles. The molecule has 0 aromatic heterocycles. The predicted molar refractivity (Wildman–Crippen MR) is 85.8 cm³/mol. The van der Waals surface area contributed by atoms with Crippen LogP contribution in [0.5, 0.6) is 0 Å². The maximum atomic E-state index is 13.2. The zero-order valence-corrected chi connectivity index (χ0v) is 12.8. The largest absolute Gasteiger partial charge is 0.390 e. The number of oxime groups is 1. The molecular weight excluding hydrogens is 295 g/mol. The van der Waals surface area contributed by atoms with E-state index in [1.807, 2.05) is 30.3 Å². The van der Waals surface area contributed by atoms with Gasteiger partial charge in [0.1, 0.15) is 5.82 Å². The van der Waals surface area contributed by atoms with Crippen LogP contribution in [0.25, 0.3) is 0 Å². The molecule has 1 aliphatic rings. The van der Waals surface area contributed by atoms with E-state index < -0.39 is 5.82 Å². The Morgan fingerprint density at radius 2 is 2.04 bits per heavy atom. The summed E-state index contributed by atoms with van der Waals surface area (Å²) in [6.07, 6.45) is 0.456. The van der Waals surface area contributed by atoms with Gasteiger partial charge in [-0.2, -0.15) is 0 Å². The Morgan fingerprint density at radius 3 is 2.78 bits per heavy atom. The molecule has 23 heavy (non-hydrogen) atoms.